The zero-order chi connectivity index (χ0) is 63.2. The van der Waals surface area contributed by atoms with Crippen molar-refractivity contribution < 1.29 is 0 Å². The van der Waals surface area contributed by atoms with E-state index in [1.54, 1.807) is 0 Å². The molecular weight excluding hydrogens is 1150 g/mol. The molecule has 450 valence electrons. The van der Waals surface area contributed by atoms with Crippen LogP contribution in [0.25, 0.3) is 134 Å². The summed E-state index contributed by atoms with van der Waals surface area (Å²) in [6.07, 6.45) is 6.14. The highest BCUT2D eigenvalue weighted by Gasteiger charge is 2.28. The molecule has 6 aliphatic carbocycles. The molecule has 15 aromatic carbocycles. The van der Waals surface area contributed by atoms with E-state index in [0.717, 1.165) is 38.5 Å². The van der Waals surface area contributed by atoms with Gasteiger partial charge in [-0.25, -0.2) is 0 Å². The molecule has 96 heavy (non-hydrogen) atoms. The molecule has 0 saturated heterocycles. The van der Waals surface area contributed by atoms with Gasteiger partial charge in [-0.1, -0.05) is 309 Å². The smallest absolute Gasteiger partial charge is 0.000728 e. The molecule has 0 heterocycles. The van der Waals surface area contributed by atoms with Crippen molar-refractivity contribution in [1.82, 2.24) is 0 Å². The van der Waals surface area contributed by atoms with Crippen molar-refractivity contribution in [1.29, 1.82) is 0 Å². The minimum Gasteiger partial charge on any atom is -0.0619 e. The molecular formula is C96H66. The Labute approximate surface area is 562 Å². The van der Waals surface area contributed by atoms with Crippen molar-refractivity contribution in [3.8, 4) is 134 Å². The van der Waals surface area contributed by atoms with Gasteiger partial charge in [0.25, 0.3) is 0 Å². The Morgan fingerprint density at radius 2 is 0.292 bits per heavy atom. The van der Waals surface area contributed by atoms with Crippen molar-refractivity contribution in [2.75, 3.05) is 0 Å². The number of fused-ring (bicyclic) bond motifs is 18. The van der Waals surface area contributed by atoms with E-state index in [-0.39, 0.29) is 0 Å². The third-order valence-electron chi connectivity index (χ3n) is 21.5. The monoisotopic (exact) mass is 1220 g/mol. The molecule has 0 nitrogen and oxygen atoms in total. The second-order valence-electron chi connectivity index (χ2n) is 26.8. The molecule has 0 unspecified atom stereocenters. The fraction of sp³-hybridized carbons (Fsp3) is 0.0625. The van der Waals surface area contributed by atoms with Gasteiger partial charge >= 0.3 is 0 Å². The van der Waals surface area contributed by atoms with Crippen LogP contribution in [0.2, 0.25) is 0 Å². The summed E-state index contributed by atoms with van der Waals surface area (Å²) in [4.78, 5) is 0. The van der Waals surface area contributed by atoms with Gasteiger partial charge in [-0.05, 0) is 257 Å². The normalized spacial score (nSPS) is 12.8. The number of rotatable bonds is 6. The van der Waals surface area contributed by atoms with Crippen LogP contribution >= 0.6 is 0 Å². The van der Waals surface area contributed by atoms with Crippen LogP contribution in [0.4, 0.5) is 0 Å². The van der Waals surface area contributed by atoms with Gasteiger partial charge in [0.05, 0.1) is 0 Å². The van der Waals surface area contributed by atoms with Crippen LogP contribution in [0, 0.1) is 0 Å². The summed E-state index contributed by atoms with van der Waals surface area (Å²) in [5, 5.41) is 0. The Morgan fingerprint density at radius 3 is 0.573 bits per heavy atom. The number of benzene rings is 15. The molecule has 6 aliphatic rings. The van der Waals surface area contributed by atoms with E-state index in [1.165, 1.54) is 200 Å². The second kappa shape index (κ2) is 23.1. The highest BCUT2D eigenvalue weighted by molar-refractivity contribution is 5.97. The summed E-state index contributed by atoms with van der Waals surface area (Å²) < 4.78 is 0. The van der Waals surface area contributed by atoms with Gasteiger partial charge < -0.3 is 0 Å². The topological polar surface area (TPSA) is 0 Å². The first-order chi connectivity index (χ1) is 47.6. The number of hydrogen-bond donors (Lipinski definition) is 0. The van der Waals surface area contributed by atoms with Crippen molar-refractivity contribution in [3.63, 3.8) is 0 Å². The first-order valence-corrected chi connectivity index (χ1v) is 34.1. The van der Waals surface area contributed by atoms with Crippen LogP contribution in [-0.2, 0) is 38.5 Å². The van der Waals surface area contributed by atoms with Gasteiger partial charge in [0.2, 0.25) is 0 Å². The lowest BCUT2D eigenvalue weighted by atomic mass is 9.87. The van der Waals surface area contributed by atoms with Gasteiger partial charge in [-0.15, -0.1) is 0 Å². The second-order valence-corrected chi connectivity index (χ2v) is 26.8. The van der Waals surface area contributed by atoms with E-state index >= 15 is 0 Å². The molecule has 0 amide bonds. The van der Waals surface area contributed by atoms with Crippen LogP contribution in [0.3, 0.4) is 0 Å². The van der Waals surface area contributed by atoms with E-state index in [0.29, 0.717) is 0 Å². The van der Waals surface area contributed by atoms with Gasteiger partial charge in [0.1, 0.15) is 0 Å². The predicted molar refractivity (Wildman–Crippen MR) is 401 cm³/mol. The van der Waals surface area contributed by atoms with Gasteiger partial charge in [-0.3, -0.25) is 0 Å². The number of hydrogen-bond acceptors (Lipinski definition) is 0. The molecule has 0 spiro atoms. The summed E-state index contributed by atoms with van der Waals surface area (Å²) in [5.41, 5.74) is 49.8. The van der Waals surface area contributed by atoms with Crippen molar-refractivity contribution >= 4 is 0 Å². The predicted octanol–water partition coefficient (Wildman–Crippen LogP) is 24.5. The molecule has 0 heteroatoms. The molecule has 0 atom stereocenters. The average Bonchev–Trinajstić information content (AvgIpc) is 1.55. The Balaban J connectivity index is 0.000000102. The maximum absolute atomic E-state index is 2.40. The Bertz CT molecular complexity index is 5410. The average molecular weight is 1220 g/mol. The SMILES string of the molecule is c1ccc2c(c1)Cc1c-2cccc1-c1ccccc1-c1cccc2c1Cc1ccccc1-2.c1ccc2c(c1)Cc1ccc(-c3ccccc3-c3ccc4c(c3)-c3ccccc3C4)cc1-2.c1ccc2c(c1)Cc1ccc(-c3ccccc3-c3cccc4c3Cc3ccccc3-4)cc1-2. The molecule has 0 fully saturated rings. The van der Waals surface area contributed by atoms with Gasteiger partial charge in [0, 0.05) is 0 Å². The van der Waals surface area contributed by atoms with E-state index in [9.17, 15) is 0 Å². The molecule has 0 saturated carbocycles. The van der Waals surface area contributed by atoms with Gasteiger partial charge in [0.15, 0.2) is 0 Å². The van der Waals surface area contributed by atoms with Crippen molar-refractivity contribution in [2.45, 2.75) is 38.5 Å². The molecule has 15 aromatic rings. The van der Waals surface area contributed by atoms with Crippen LogP contribution in [0.1, 0.15) is 66.8 Å². The first-order valence-electron chi connectivity index (χ1n) is 34.1. The highest BCUT2D eigenvalue weighted by Crippen LogP contribution is 2.50. The van der Waals surface area contributed by atoms with Crippen LogP contribution in [0.5, 0.6) is 0 Å². The van der Waals surface area contributed by atoms with E-state index in [4.69, 9.17) is 0 Å². The largest absolute Gasteiger partial charge is 0.0619 e. The van der Waals surface area contributed by atoms with Gasteiger partial charge in [-0.2, -0.15) is 0 Å². The van der Waals surface area contributed by atoms with Crippen LogP contribution < -0.4 is 0 Å². The molecule has 0 N–H and O–H groups in total. The maximum atomic E-state index is 2.40. The van der Waals surface area contributed by atoms with E-state index in [2.05, 4.69) is 328 Å². The Kier molecular flexibility index (Phi) is 13.4. The van der Waals surface area contributed by atoms with E-state index < -0.39 is 0 Å². The van der Waals surface area contributed by atoms with E-state index in [1.807, 2.05) is 0 Å². The summed E-state index contributed by atoms with van der Waals surface area (Å²) >= 11 is 0. The van der Waals surface area contributed by atoms with Crippen LogP contribution in [0.15, 0.2) is 328 Å². The third kappa shape index (κ3) is 9.42. The zero-order valence-corrected chi connectivity index (χ0v) is 53.4. The molecule has 0 aliphatic heterocycles. The summed E-state index contributed by atoms with van der Waals surface area (Å²) in [5.74, 6) is 0. The lowest BCUT2D eigenvalue weighted by Crippen LogP contribution is -1.94. The molecule has 21 rings (SSSR count). The standard InChI is InChI=1S/3C32H22/c1-4-12-27-21(8-1)18-23-16-17-24(19-31(23)27)26-11-5-6-13-28(26)30-15-7-14-29-25-10-3-2-9-22(25)20-32(29)30;1-3-11-23-21(9-1)19-31-25(23)15-7-17-29(31)27-13-5-6-14-28(27)30-18-8-16-26-24-12-4-2-10-22(24)20-32(26)30;1-3-11-29-21(7-1)17-23-13-15-25(19-31(23)29)27-9-5-6-10-28(27)26-16-14-24-18-22-8-2-4-12-30(22)32(24)20-26/h1-17,19H,18,20H2;1-18H,19-20H2;1-16,19-20H,17-18H2. The first kappa shape index (κ1) is 55.9. The van der Waals surface area contributed by atoms with Crippen molar-refractivity contribution in [3.05, 3.63) is 394 Å². The third-order valence-corrected chi connectivity index (χ3v) is 21.5. The Hall–Kier alpha value is -11.7. The molecule has 0 radical (unpaired) electrons. The fourth-order valence-corrected chi connectivity index (χ4v) is 17.0. The Morgan fingerprint density at radius 1 is 0.115 bits per heavy atom. The fourth-order valence-electron chi connectivity index (χ4n) is 17.0. The molecule has 0 aromatic heterocycles. The minimum absolute atomic E-state index is 1.01. The summed E-state index contributed by atoms with van der Waals surface area (Å²) in [6, 6.07) is 121. The lowest BCUT2D eigenvalue weighted by molar-refractivity contribution is 1.26. The maximum Gasteiger partial charge on any atom is -0.000728 e. The van der Waals surface area contributed by atoms with Crippen molar-refractivity contribution in [2.24, 2.45) is 0 Å². The molecule has 0 bridgehead atoms. The quantitative estimate of drug-likeness (QED) is 0.156. The summed E-state index contributed by atoms with van der Waals surface area (Å²) in [6.45, 7) is 0. The van der Waals surface area contributed by atoms with Crippen LogP contribution in [-0.4, -0.2) is 0 Å². The minimum atomic E-state index is 1.01. The highest BCUT2D eigenvalue weighted by atomic mass is 14.3. The summed E-state index contributed by atoms with van der Waals surface area (Å²) in [7, 11) is 0. The lowest BCUT2D eigenvalue weighted by Gasteiger charge is -2.16. The zero-order valence-electron chi connectivity index (χ0n) is 53.4.